The molecule has 0 aliphatic carbocycles. The number of benzene rings is 1. The first kappa shape index (κ1) is 22.0. The number of carbonyl (C=O) groups is 2. The lowest BCUT2D eigenvalue weighted by molar-refractivity contribution is 0.0948. The lowest BCUT2D eigenvalue weighted by Gasteiger charge is -2.15. The van der Waals surface area contributed by atoms with Crippen molar-refractivity contribution in [2.45, 2.75) is 33.2 Å². The zero-order valence-corrected chi connectivity index (χ0v) is 18.4. The molecular weight excluding hydrogens is 400 g/mol. The number of nitrogens with zero attached hydrogens (tertiary/aromatic N) is 3. The highest BCUT2D eigenvalue weighted by Crippen LogP contribution is 2.29. The van der Waals surface area contributed by atoms with E-state index in [4.69, 9.17) is 17.3 Å². The van der Waals surface area contributed by atoms with Crippen LogP contribution < -0.4 is 5.73 Å². The summed E-state index contributed by atoms with van der Waals surface area (Å²) in [5, 5.41) is 1.39. The number of ketones is 1. The molecule has 3 aromatic rings. The van der Waals surface area contributed by atoms with E-state index < -0.39 is 5.91 Å². The minimum atomic E-state index is -0.599. The minimum absolute atomic E-state index is 0.0410. The number of hydrogen-bond acceptors (Lipinski definition) is 4. The Morgan fingerprint density at radius 2 is 1.90 bits per heavy atom. The molecule has 30 heavy (non-hydrogen) atoms. The van der Waals surface area contributed by atoms with Crippen LogP contribution in [0.25, 0.3) is 11.0 Å². The first-order valence-corrected chi connectivity index (χ1v) is 10.5. The molecule has 158 valence electrons. The van der Waals surface area contributed by atoms with Gasteiger partial charge in [0.1, 0.15) is 11.3 Å². The quantitative estimate of drug-likeness (QED) is 0.526. The Hall–Kier alpha value is -2.70. The van der Waals surface area contributed by atoms with E-state index in [1.807, 2.05) is 47.7 Å². The van der Waals surface area contributed by atoms with Crippen molar-refractivity contribution in [3.8, 4) is 0 Å². The highest BCUT2D eigenvalue weighted by atomic mass is 35.5. The van der Waals surface area contributed by atoms with E-state index in [-0.39, 0.29) is 11.5 Å². The van der Waals surface area contributed by atoms with E-state index in [0.717, 1.165) is 29.6 Å². The molecule has 2 heterocycles. The standard InChI is InChI=1S/C23H27ClN4O2/c1-4-8-19-21(20(29)14-27(3)5-2)16-11-12-18(22(25)30)26-23(16)28(19)13-15-9-6-7-10-17(15)24/h6-7,9-12H,4-5,8,13-14H2,1-3H3,(H2,25,30). The number of hydrogen-bond donors (Lipinski definition) is 1. The van der Waals surface area contributed by atoms with Crippen LogP contribution in [-0.4, -0.2) is 46.3 Å². The molecule has 0 fully saturated rings. The number of nitrogens with two attached hydrogens (primary N) is 1. The fraction of sp³-hybridized carbons (Fsp3) is 0.348. The van der Waals surface area contributed by atoms with E-state index >= 15 is 0 Å². The van der Waals surface area contributed by atoms with Gasteiger partial charge < -0.3 is 10.3 Å². The van der Waals surface area contributed by atoms with Crippen LogP contribution in [0, 0.1) is 0 Å². The molecule has 0 saturated carbocycles. The smallest absolute Gasteiger partial charge is 0.267 e. The predicted molar refractivity (Wildman–Crippen MR) is 120 cm³/mol. The molecule has 0 aliphatic rings. The Morgan fingerprint density at radius 1 is 1.17 bits per heavy atom. The van der Waals surface area contributed by atoms with Gasteiger partial charge in [-0.3, -0.25) is 14.5 Å². The largest absolute Gasteiger partial charge is 0.364 e. The number of likely N-dealkylation sites (N-methyl/N-ethyl adjacent to an activating group) is 1. The first-order valence-electron chi connectivity index (χ1n) is 10.1. The number of primary amides is 1. The van der Waals surface area contributed by atoms with Gasteiger partial charge in [0.2, 0.25) is 0 Å². The number of aromatic nitrogens is 2. The van der Waals surface area contributed by atoms with Crippen LogP contribution in [0.5, 0.6) is 0 Å². The first-order chi connectivity index (χ1) is 14.4. The number of fused-ring (bicyclic) bond motifs is 1. The summed E-state index contributed by atoms with van der Waals surface area (Å²) < 4.78 is 2.01. The number of pyridine rings is 1. The van der Waals surface area contributed by atoms with Crippen molar-refractivity contribution in [1.29, 1.82) is 0 Å². The van der Waals surface area contributed by atoms with Crippen LogP contribution >= 0.6 is 11.6 Å². The number of rotatable bonds is 9. The minimum Gasteiger partial charge on any atom is -0.364 e. The number of amides is 1. The second kappa shape index (κ2) is 9.41. The zero-order valence-electron chi connectivity index (χ0n) is 17.6. The molecular formula is C23H27ClN4O2. The fourth-order valence-corrected chi connectivity index (χ4v) is 3.81. The maximum atomic E-state index is 13.3. The fourth-order valence-electron chi connectivity index (χ4n) is 3.62. The van der Waals surface area contributed by atoms with Crippen molar-refractivity contribution in [1.82, 2.24) is 14.5 Å². The van der Waals surface area contributed by atoms with Crippen LogP contribution in [0.15, 0.2) is 36.4 Å². The summed E-state index contributed by atoms with van der Waals surface area (Å²) in [4.78, 5) is 31.5. The van der Waals surface area contributed by atoms with E-state index in [9.17, 15) is 9.59 Å². The van der Waals surface area contributed by atoms with E-state index in [1.54, 1.807) is 12.1 Å². The van der Waals surface area contributed by atoms with Crippen molar-refractivity contribution < 1.29 is 9.59 Å². The zero-order chi connectivity index (χ0) is 21.8. The molecule has 7 heteroatoms. The molecule has 0 unspecified atom stereocenters. The molecule has 6 nitrogen and oxygen atoms in total. The van der Waals surface area contributed by atoms with Gasteiger partial charge in [-0.2, -0.15) is 0 Å². The Morgan fingerprint density at radius 3 is 2.53 bits per heavy atom. The van der Waals surface area contributed by atoms with Crippen molar-refractivity contribution in [2.24, 2.45) is 5.73 Å². The highest BCUT2D eigenvalue weighted by molar-refractivity contribution is 6.31. The SMILES string of the molecule is CCCc1c(C(=O)CN(C)CC)c2ccc(C(N)=O)nc2n1Cc1ccccc1Cl. The topological polar surface area (TPSA) is 81.2 Å². The van der Waals surface area contributed by atoms with Crippen LogP contribution in [0.4, 0.5) is 0 Å². The molecule has 1 amide bonds. The van der Waals surface area contributed by atoms with Crippen LogP contribution in [-0.2, 0) is 13.0 Å². The molecule has 0 radical (unpaired) electrons. The highest BCUT2D eigenvalue weighted by Gasteiger charge is 2.24. The molecule has 0 saturated heterocycles. The number of halogens is 1. The van der Waals surface area contributed by atoms with Gasteiger partial charge in [0.05, 0.1) is 13.1 Å². The van der Waals surface area contributed by atoms with Gasteiger partial charge in [-0.25, -0.2) is 4.98 Å². The molecule has 0 bridgehead atoms. The molecule has 0 aliphatic heterocycles. The second-order valence-corrected chi connectivity index (χ2v) is 7.84. The van der Waals surface area contributed by atoms with Gasteiger partial charge in [0.15, 0.2) is 5.78 Å². The molecule has 0 atom stereocenters. The Labute approximate surface area is 181 Å². The predicted octanol–water partition coefficient (Wildman–Crippen LogP) is 3.92. The molecule has 2 N–H and O–H groups in total. The number of carbonyl (C=O) groups excluding carboxylic acids is 2. The Bertz CT molecular complexity index is 1090. The van der Waals surface area contributed by atoms with Gasteiger partial charge >= 0.3 is 0 Å². The normalized spacial score (nSPS) is 11.4. The van der Waals surface area contributed by atoms with Gasteiger partial charge in [0.25, 0.3) is 5.91 Å². The molecule has 1 aromatic carbocycles. The van der Waals surface area contributed by atoms with Crippen molar-refractivity contribution in [2.75, 3.05) is 20.1 Å². The van der Waals surface area contributed by atoms with Crippen LogP contribution in [0.2, 0.25) is 5.02 Å². The second-order valence-electron chi connectivity index (χ2n) is 7.43. The maximum absolute atomic E-state index is 13.3. The third kappa shape index (κ3) is 4.40. The summed E-state index contributed by atoms with van der Waals surface area (Å²) in [5.74, 6) is -0.558. The summed E-state index contributed by atoms with van der Waals surface area (Å²) in [6, 6.07) is 11.0. The van der Waals surface area contributed by atoms with Gasteiger partial charge in [0, 0.05) is 21.7 Å². The van der Waals surface area contributed by atoms with Crippen LogP contribution in [0.3, 0.4) is 0 Å². The summed E-state index contributed by atoms with van der Waals surface area (Å²) in [6.07, 6.45) is 1.58. The summed E-state index contributed by atoms with van der Waals surface area (Å²) in [7, 11) is 1.92. The average Bonchev–Trinajstić information content (AvgIpc) is 3.02. The lowest BCUT2D eigenvalue weighted by atomic mass is 10.0. The Balaban J connectivity index is 2.26. The van der Waals surface area contributed by atoms with E-state index in [0.29, 0.717) is 35.7 Å². The lowest BCUT2D eigenvalue weighted by Crippen LogP contribution is -2.26. The monoisotopic (exact) mass is 426 g/mol. The molecule has 3 rings (SSSR count). The van der Waals surface area contributed by atoms with E-state index in [1.165, 1.54) is 0 Å². The van der Waals surface area contributed by atoms with Crippen LogP contribution in [0.1, 0.15) is 52.4 Å². The Kier molecular flexibility index (Phi) is 6.90. The third-order valence-electron chi connectivity index (χ3n) is 5.27. The summed E-state index contributed by atoms with van der Waals surface area (Å²) in [6.45, 7) is 5.64. The summed E-state index contributed by atoms with van der Waals surface area (Å²) in [5.41, 5.74) is 8.73. The van der Waals surface area contributed by atoms with E-state index in [2.05, 4.69) is 11.9 Å². The molecule has 0 spiro atoms. The third-order valence-corrected chi connectivity index (χ3v) is 5.64. The average molecular weight is 427 g/mol. The summed E-state index contributed by atoms with van der Waals surface area (Å²) >= 11 is 6.41. The number of Topliss-reactive ketones (excluding diaryl/α,β-unsaturated/α-hetero) is 1. The van der Waals surface area contributed by atoms with Crippen molar-refractivity contribution in [3.05, 3.63) is 63.9 Å². The maximum Gasteiger partial charge on any atom is 0.267 e. The molecule has 2 aromatic heterocycles. The van der Waals surface area contributed by atoms with Gasteiger partial charge in [-0.15, -0.1) is 0 Å². The van der Waals surface area contributed by atoms with Crippen molar-refractivity contribution >= 4 is 34.3 Å². The van der Waals surface area contributed by atoms with Gasteiger partial charge in [-0.05, 0) is 43.8 Å². The van der Waals surface area contributed by atoms with Gasteiger partial charge in [-0.1, -0.05) is 50.1 Å². The van der Waals surface area contributed by atoms with Crippen molar-refractivity contribution in [3.63, 3.8) is 0 Å².